The quantitative estimate of drug-likeness (QED) is 0.791. The lowest BCUT2D eigenvalue weighted by Crippen LogP contribution is -2.33. The van der Waals surface area contributed by atoms with E-state index in [9.17, 15) is 9.59 Å². The van der Waals surface area contributed by atoms with Crippen molar-refractivity contribution < 1.29 is 9.59 Å². The summed E-state index contributed by atoms with van der Waals surface area (Å²) in [5.74, 6) is -1.24. The highest BCUT2D eigenvalue weighted by atomic mass is 16.2. The Balaban J connectivity index is 1.73. The third-order valence-electron chi connectivity index (χ3n) is 4.41. The van der Waals surface area contributed by atoms with E-state index >= 15 is 0 Å². The standard InChI is InChI=1S/C19H21N3O2/c1-13(2)22-11-16(18(23)19(22)24)17-10-15(20-12-21-17)9-8-14-6-4-3-5-7-14/h3-7,10,12-13,16H,8-9,11H2,1-2H3. The zero-order valence-corrected chi connectivity index (χ0v) is 14.0. The summed E-state index contributed by atoms with van der Waals surface area (Å²) >= 11 is 0. The molecule has 5 nitrogen and oxygen atoms in total. The number of benzene rings is 1. The van der Waals surface area contributed by atoms with E-state index in [2.05, 4.69) is 22.1 Å². The number of Topliss-reactive ketones (excluding diaryl/α,β-unsaturated/α-hetero) is 1. The second-order valence-electron chi connectivity index (χ2n) is 6.39. The predicted molar refractivity (Wildman–Crippen MR) is 90.5 cm³/mol. The Morgan fingerprint density at radius 2 is 1.88 bits per heavy atom. The molecule has 0 spiro atoms. The van der Waals surface area contributed by atoms with Crippen LogP contribution < -0.4 is 0 Å². The fourth-order valence-corrected chi connectivity index (χ4v) is 2.99. The number of aromatic nitrogens is 2. The van der Waals surface area contributed by atoms with Crippen molar-refractivity contribution in [3.8, 4) is 0 Å². The number of carbonyl (C=O) groups is 2. The molecule has 2 aromatic rings. The molecule has 1 saturated heterocycles. The minimum atomic E-state index is -0.474. The second kappa shape index (κ2) is 6.91. The molecule has 0 aliphatic carbocycles. The molecule has 3 rings (SSSR count). The Bertz CT molecular complexity index is 743. The van der Waals surface area contributed by atoms with Gasteiger partial charge in [0.1, 0.15) is 6.33 Å². The fraction of sp³-hybridized carbons (Fsp3) is 0.368. The molecule has 0 saturated carbocycles. The van der Waals surface area contributed by atoms with E-state index in [1.807, 2.05) is 38.1 Å². The van der Waals surface area contributed by atoms with Crippen LogP contribution in [0.1, 0.15) is 36.7 Å². The van der Waals surface area contributed by atoms with Crippen molar-refractivity contribution in [2.45, 2.75) is 38.6 Å². The summed E-state index contributed by atoms with van der Waals surface area (Å²) in [4.78, 5) is 34.5. The molecular formula is C19H21N3O2. The minimum absolute atomic E-state index is 0.0193. The molecule has 0 radical (unpaired) electrons. The van der Waals surface area contributed by atoms with Gasteiger partial charge in [0.15, 0.2) is 0 Å². The van der Waals surface area contributed by atoms with Crippen molar-refractivity contribution >= 4 is 11.7 Å². The highest BCUT2D eigenvalue weighted by molar-refractivity contribution is 6.40. The van der Waals surface area contributed by atoms with E-state index in [1.165, 1.54) is 11.9 Å². The van der Waals surface area contributed by atoms with E-state index in [0.29, 0.717) is 12.2 Å². The third kappa shape index (κ3) is 3.35. The number of aryl methyl sites for hydroxylation is 2. The van der Waals surface area contributed by atoms with Gasteiger partial charge in [-0.1, -0.05) is 30.3 Å². The van der Waals surface area contributed by atoms with Crippen LogP contribution in [0.5, 0.6) is 0 Å². The van der Waals surface area contributed by atoms with Gasteiger partial charge in [-0.3, -0.25) is 9.59 Å². The van der Waals surface area contributed by atoms with E-state index in [1.54, 1.807) is 4.90 Å². The number of likely N-dealkylation sites (tertiary alicyclic amines) is 1. The van der Waals surface area contributed by atoms with E-state index < -0.39 is 11.8 Å². The molecule has 0 N–H and O–H groups in total. The first-order chi connectivity index (χ1) is 11.6. The molecule has 5 heteroatoms. The molecule has 1 unspecified atom stereocenters. The molecule has 1 amide bonds. The van der Waals surface area contributed by atoms with Crippen LogP contribution in [0.4, 0.5) is 0 Å². The van der Waals surface area contributed by atoms with E-state index in [0.717, 1.165) is 18.5 Å². The zero-order chi connectivity index (χ0) is 17.1. The minimum Gasteiger partial charge on any atom is -0.333 e. The molecule has 1 fully saturated rings. The number of amides is 1. The average Bonchev–Trinajstić information content (AvgIpc) is 2.90. The Morgan fingerprint density at radius 1 is 1.12 bits per heavy atom. The van der Waals surface area contributed by atoms with Gasteiger partial charge in [-0.25, -0.2) is 9.97 Å². The summed E-state index contributed by atoms with van der Waals surface area (Å²) in [6.07, 6.45) is 3.15. The van der Waals surface area contributed by atoms with E-state index in [-0.39, 0.29) is 11.8 Å². The SMILES string of the molecule is CC(C)N1CC(c2cc(CCc3ccccc3)ncn2)C(=O)C1=O. The van der Waals surface area contributed by atoms with Gasteiger partial charge in [-0.15, -0.1) is 0 Å². The average molecular weight is 323 g/mol. The molecule has 1 atom stereocenters. The number of nitrogens with zero attached hydrogens (tertiary/aromatic N) is 3. The zero-order valence-electron chi connectivity index (χ0n) is 14.0. The van der Waals surface area contributed by atoms with Gasteiger partial charge in [0.05, 0.1) is 11.6 Å². The summed E-state index contributed by atoms with van der Waals surface area (Å²) in [5.41, 5.74) is 2.79. The van der Waals surface area contributed by atoms with Gasteiger partial charge in [0, 0.05) is 18.3 Å². The van der Waals surface area contributed by atoms with Gasteiger partial charge in [-0.2, -0.15) is 0 Å². The van der Waals surface area contributed by atoms with Crippen LogP contribution in [0, 0.1) is 0 Å². The van der Waals surface area contributed by atoms with Crippen LogP contribution in [-0.2, 0) is 22.4 Å². The first-order valence-corrected chi connectivity index (χ1v) is 8.26. The highest BCUT2D eigenvalue weighted by Crippen LogP contribution is 2.25. The Kier molecular flexibility index (Phi) is 4.69. The van der Waals surface area contributed by atoms with Crippen LogP contribution in [0.15, 0.2) is 42.7 Å². The maximum absolute atomic E-state index is 12.3. The Labute approximate surface area is 141 Å². The topological polar surface area (TPSA) is 63.2 Å². The number of hydrogen-bond acceptors (Lipinski definition) is 4. The first kappa shape index (κ1) is 16.3. The molecule has 2 heterocycles. The van der Waals surface area contributed by atoms with Crippen LogP contribution in [0.25, 0.3) is 0 Å². The largest absolute Gasteiger partial charge is 0.333 e. The number of carbonyl (C=O) groups excluding carboxylic acids is 2. The summed E-state index contributed by atoms with van der Waals surface area (Å²) in [6, 6.07) is 12.1. The first-order valence-electron chi connectivity index (χ1n) is 8.26. The van der Waals surface area contributed by atoms with Gasteiger partial charge < -0.3 is 4.90 Å². The van der Waals surface area contributed by atoms with Crippen LogP contribution in [-0.4, -0.2) is 39.1 Å². The monoisotopic (exact) mass is 323 g/mol. The Morgan fingerprint density at radius 3 is 2.54 bits per heavy atom. The van der Waals surface area contributed by atoms with Crippen molar-refractivity contribution in [1.29, 1.82) is 0 Å². The third-order valence-corrected chi connectivity index (χ3v) is 4.41. The number of hydrogen-bond donors (Lipinski definition) is 0. The second-order valence-corrected chi connectivity index (χ2v) is 6.39. The lowest BCUT2D eigenvalue weighted by atomic mass is 10.0. The van der Waals surface area contributed by atoms with Gasteiger partial charge in [0.2, 0.25) is 5.78 Å². The molecule has 1 aromatic carbocycles. The predicted octanol–water partition coefficient (Wildman–Crippen LogP) is 2.17. The van der Waals surface area contributed by atoms with Crippen LogP contribution in [0.3, 0.4) is 0 Å². The molecular weight excluding hydrogens is 302 g/mol. The van der Waals surface area contributed by atoms with Crippen molar-refractivity contribution in [3.63, 3.8) is 0 Å². The van der Waals surface area contributed by atoms with Gasteiger partial charge in [-0.05, 0) is 38.3 Å². The maximum atomic E-state index is 12.3. The molecule has 24 heavy (non-hydrogen) atoms. The lowest BCUT2D eigenvalue weighted by molar-refractivity contribution is -0.141. The van der Waals surface area contributed by atoms with Gasteiger partial charge >= 0.3 is 0 Å². The Hall–Kier alpha value is -2.56. The van der Waals surface area contributed by atoms with Gasteiger partial charge in [0.25, 0.3) is 5.91 Å². The normalized spacial score (nSPS) is 17.8. The smallest absolute Gasteiger partial charge is 0.290 e. The molecule has 1 aliphatic rings. The lowest BCUT2D eigenvalue weighted by Gasteiger charge is -2.19. The van der Waals surface area contributed by atoms with Crippen LogP contribution >= 0.6 is 0 Å². The maximum Gasteiger partial charge on any atom is 0.290 e. The highest BCUT2D eigenvalue weighted by Gasteiger charge is 2.41. The molecule has 1 aromatic heterocycles. The van der Waals surface area contributed by atoms with E-state index in [4.69, 9.17) is 0 Å². The summed E-state index contributed by atoms with van der Waals surface area (Å²) in [5, 5.41) is 0. The fourth-order valence-electron chi connectivity index (χ4n) is 2.99. The molecule has 1 aliphatic heterocycles. The van der Waals surface area contributed by atoms with Crippen molar-refractivity contribution in [2.75, 3.05) is 6.54 Å². The van der Waals surface area contributed by atoms with Crippen molar-refractivity contribution in [1.82, 2.24) is 14.9 Å². The van der Waals surface area contributed by atoms with Crippen molar-refractivity contribution in [2.24, 2.45) is 0 Å². The van der Waals surface area contributed by atoms with Crippen molar-refractivity contribution in [3.05, 3.63) is 59.7 Å². The summed E-state index contributed by atoms with van der Waals surface area (Å²) in [6.45, 7) is 4.24. The molecule has 0 bridgehead atoms. The molecule has 124 valence electrons. The van der Waals surface area contributed by atoms with Crippen LogP contribution in [0.2, 0.25) is 0 Å². The summed E-state index contributed by atoms with van der Waals surface area (Å²) < 4.78 is 0. The number of ketones is 1. The summed E-state index contributed by atoms with van der Waals surface area (Å²) in [7, 11) is 0. The number of rotatable bonds is 5.